The van der Waals surface area contributed by atoms with Crippen LogP contribution in [0.5, 0.6) is 0 Å². The smallest absolute Gasteiger partial charge is 0.0239 e. The summed E-state index contributed by atoms with van der Waals surface area (Å²) in [5.74, 6) is 1.35. The SMILES string of the molecule is CC(C)c1ccnc(-c2[c-]cc3sc4ccc(C(C)(C)c5ccccc5)cc4c3c2)c1.Cc1cnc(-c2[c-]cccc2)cc1CC1CCCCC1.[Ir]. The molecule has 0 saturated heterocycles. The van der Waals surface area contributed by atoms with Gasteiger partial charge in [0.05, 0.1) is 0 Å². The zero-order valence-electron chi connectivity index (χ0n) is 31.0. The fourth-order valence-corrected chi connectivity index (χ4v) is 8.47. The second-order valence-electron chi connectivity index (χ2n) is 15.0. The number of nitrogens with zero attached hydrogens (tertiary/aromatic N) is 2. The maximum absolute atomic E-state index is 4.63. The normalized spacial score (nSPS) is 13.5. The van der Waals surface area contributed by atoms with Crippen molar-refractivity contribution in [2.45, 2.75) is 84.5 Å². The summed E-state index contributed by atoms with van der Waals surface area (Å²) in [6, 6.07) is 43.5. The van der Waals surface area contributed by atoms with Crippen LogP contribution in [0.1, 0.15) is 93.5 Å². The van der Waals surface area contributed by atoms with E-state index in [2.05, 4.69) is 142 Å². The largest absolute Gasteiger partial charge is 0.305 e. The van der Waals surface area contributed by atoms with Crippen molar-refractivity contribution in [3.63, 3.8) is 0 Å². The molecule has 1 fully saturated rings. The predicted molar refractivity (Wildman–Crippen MR) is 218 cm³/mol. The van der Waals surface area contributed by atoms with Crippen molar-refractivity contribution in [3.05, 3.63) is 155 Å². The van der Waals surface area contributed by atoms with Crippen LogP contribution >= 0.6 is 11.3 Å². The molecule has 52 heavy (non-hydrogen) atoms. The van der Waals surface area contributed by atoms with Gasteiger partial charge in [-0.15, -0.1) is 59.7 Å². The Balaban J connectivity index is 0.000000192. The van der Waals surface area contributed by atoms with E-state index in [9.17, 15) is 0 Å². The number of benzene rings is 4. The number of aryl methyl sites for hydroxylation is 1. The molecule has 7 aromatic rings. The molecule has 0 unspecified atom stereocenters. The van der Waals surface area contributed by atoms with E-state index < -0.39 is 0 Å². The number of aromatic nitrogens is 2. The molecule has 8 rings (SSSR count). The third kappa shape index (κ3) is 8.47. The summed E-state index contributed by atoms with van der Waals surface area (Å²) in [6.07, 6.45) is 12.2. The van der Waals surface area contributed by atoms with Crippen LogP contribution in [0.2, 0.25) is 0 Å². The predicted octanol–water partition coefficient (Wildman–Crippen LogP) is 13.3. The number of rotatable bonds is 7. The molecule has 267 valence electrons. The number of fused-ring (bicyclic) bond motifs is 3. The van der Waals surface area contributed by atoms with E-state index in [0.717, 1.165) is 28.4 Å². The van der Waals surface area contributed by atoms with Crippen molar-refractivity contribution in [3.8, 4) is 22.5 Å². The van der Waals surface area contributed by atoms with Crippen LogP contribution < -0.4 is 0 Å². The average molecular weight is 877 g/mol. The van der Waals surface area contributed by atoms with Crippen LogP contribution in [0.15, 0.2) is 116 Å². The van der Waals surface area contributed by atoms with Crippen LogP contribution in [0.3, 0.4) is 0 Å². The summed E-state index contributed by atoms with van der Waals surface area (Å²) in [7, 11) is 0. The van der Waals surface area contributed by atoms with Crippen LogP contribution in [-0.2, 0) is 31.9 Å². The van der Waals surface area contributed by atoms with Gasteiger partial charge in [-0.25, -0.2) is 0 Å². The van der Waals surface area contributed by atoms with Gasteiger partial charge in [0, 0.05) is 42.6 Å². The zero-order chi connectivity index (χ0) is 35.4. The van der Waals surface area contributed by atoms with Gasteiger partial charge in [-0.3, -0.25) is 0 Å². The third-order valence-electron chi connectivity index (χ3n) is 10.8. The molecule has 1 radical (unpaired) electrons. The summed E-state index contributed by atoms with van der Waals surface area (Å²) in [5.41, 5.74) is 10.9. The maximum atomic E-state index is 4.63. The molecule has 0 aliphatic heterocycles. The van der Waals surface area contributed by atoms with Crippen LogP contribution in [0.4, 0.5) is 0 Å². The standard InChI is InChI=1S/C29H26NS.C19H22N.Ir/c1-19(2)20-14-15-30-26(17-20)21-10-12-27-24(16-21)25-18-23(11-13-28(25)31-27)29(3,4)22-8-6-5-7-9-22;1-15-14-20-19(17-10-6-3-7-11-17)13-18(15)12-16-8-4-2-5-9-16;/h5-9,11-19H,1-4H3;3,6-7,10,13-14,16H,2,4-5,8-9,12H2,1H3;/q2*-1;. The first-order valence-corrected chi connectivity index (χ1v) is 19.4. The zero-order valence-corrected chi connectivity index (χ0v) is 34.2. The molecule has 1 aliphatic carbocycles. The van der Waals surface area contributed by atoms with E-state index in [1.807, 2.05) is 41.9 Å². The topological polar surface area (TPSA) is 25.8 Å². The molecule has 1 aliphatic rings. The van der Waals surface area contributed by atoms with Crippen molar-refractivity contribution < 1.29 is 20.1 Å². The summed E-state index contributed by atoms with van der Waals surface area (Å²) in [5, 5.41) is 2.60. The fourth-order valence-electron chi connectivity index (χ4n) is 7.42. The summed E-state index contributed by atoms with van der Waals surface area (Å²) in [6.45, 7) is 11.2. The minimum atomic E-state index is -0.0550. The first kappa shape index (κ1) is 37.8. The molecule has 4 aromatic carbocycles. The van der Waals surface area contributed by atoms with Gasteiger partial charge in [-0.2, -0.15) is 11.3 Å². The molecular weight excluding hydrogens is 829 g/mol. The molecule has 0 spiro atoms. The number of thiophene rings is 1. The number of hydrogen-bond donors (Lipinski definition) is 0. The Morgan fingerprint density at radius 1 is 0.750 bits per heavy atom. The molecule has 3 aromatic heterocycles. The Kier molecular flexibility index (Phi) is 12.2. The maximum Gasteiger partial charge on any atom is 0.0239 e. The van der Waals surface area contributed by atoms with E-state index in [4.69, 9.17) is 0 Å². The van der Waals surface area contributed by atoms with Gasteiger partial charge in [0.25, 0.3) is 0 Å². The van der Waals surface area contributed by atoms with E-state index >= 15 is 0 Å². The summed E-state index contributed by atoms with van der Waals surface area (Å²) in [4.78, 5) is 9.20. The van der Waals surface area contributed by atoms with Gasteiger partial charge in [0.2, 0.25) is 0 Å². The van der Waals surface area contributed by atoms with Gasteiger partial charge >= 0.3 is 0 Å². The molecule has 2 nitrogen and oxygen atoms in total. The second-order valence-corrected chi connectivity index (χ2v) is 16.1. The minimum absolute atomic E-state index is 0. The van der Waals surface area contributed by atoms with Gasteiger partial charge in [0.1, 0.15) is 0 Å². The van der Waals surface area contributed by atoms with Gasteiger partial charge < -0.3 is 9.97 Å². The molecule has 4 heteroatoms. The third-order valence-corrected chi connectivity index (χ3v) is 11.9. The van der Waals surface area contributed by atoms with E-state index in [-0.39, 0.29) is 25.5 Å². The van der Waals surface area contributed by atoms with Gasteiger partial charge in [-0.05, 0) is 75.5 Å². The van der Waals surface area contributed by atoms with Crippen LogP contribution in [-0.4, -0.2) is 9.97 Å². The Labute approximate surface area is 328 Å². The Hall–Kier alpha value is -3.95. The molecule has 0 amide bonds. The van der Waals surface area contributed by atoms with E-state index in [0.29, 0.717) is 5.92 Å². The first-order valence-electron chi connectivity index (χ1n) is 18.6. The van der Waals surface area contributed by atoms with E-state index in [1.165, 1.54) is 86.5 Å². The Bertz CT molecular complexity index is 2230. The van der Waals surface area contributed by atoms with E-state index in [1.54, 1.807) is 0 Å². The fraction of sp³-hybridized carbons (Fsp3) is 0.292. The molecule has 0 bridgehead atoms. The molecular formula is C48H48IrN2S-2. The first-order chi connectivity index (χ1) is 24.8. The van der Waals surface area contributed by atoms with Crippen LogP contribution in [0.25, 0.3) is 42.7 Å². The quantitative estimate of drug-likeness (QED) is 0.149. The molecule has 3 heterocycles. The summed E-state index contributed by atoms with van der Waals surface area (Å²) >= 11 is 1.84. The van der Waals surface area contributed by atoms with Crippen molar-refractivity contribution >= 4 is 31.5 Å². The van der Waals surface area contributed by atoms with Crippen molar-refractivity contribution in [1.82, 2.24) is 9.97 Å². The van der Waals surface area contributed by atoms with Gasteiger partial charge in [-0.1, -0.05) is 131 Å². The van der Waals surface area contributed by atoms with Crippen LogP contribution in [0, 0.1) is 25.0 Å². The molecule has 0 N–H and O–H groups in total. The minimum Gasteiger partial charge on any atom is -0.305 e. The molecule has 0 atom stereocenters. The second kappa shape index (κ2) is 16.8. The molecule has 1 saturated carbocycles. The van der Waals surface area contributed by atoms with Crippen molar-refractivity contribution in [2.24, 2.45) is 5.92 Å². The average Bonchev–Trinajstić information content (AvgIpc) is 3.54. The Morgan fingerprint density at radius 3 is 2.25 bits per heavy atom. The summed E-state index contributed by atoms with van der Waals surface area (Å²) < 4.78 is 2.59. The van der Waals surface area contributed by atoms with Crippen molar-refractivity contribution in [1.29, 1.82) is 0 Å². The Morgan fingerprint density at radius 2 is 1.50 bits per heavy atom. The van der Waals surface area contributed by atoms with Crippen molar-refractivity contribution in [2.75, 3.05) is 0 Å². The monoisotopic (exact) mass is 877 g/mol. The van der Waals surface area contributed by atoms with Gasteiger partial charge in [0.15, 0.2) is 0 Å². The number of hydrogen-bond acceptors (Lipinski definition) is 3. The number of pyridine rings is 2.